The summed E-state index contributed by atoms with van der Waals surface area (Å²) < 4.78 is 5.58. The number of ether oxygens (including phenoxy) is 1. The number of carbonyl (C=O) groups is 3. The summed E-state index contributed by atoms with van der Waals surface area (Å²) in [5.41, 5.74) is 1.56. The van der Waals surface area contributed by atoms with Gasteiger partial charge in [-0.2, -0.15) is 0 Å². The Balaban J connectivity index is 1.37. The smallest absolute Gasteiger partial charge is 0.303 e. The Morgan fingerprint density at radius 1 is 1.39 bits per heavy atom. The minimum absolute atomic E-state index is 0.00185. The Labute approximate surface area is 198 Å². The second-order valence-corrected chi connectivity index (χ2v) is 9.70. The second-order valence-electron chi connectivity index (χ2n) is 7.61. The molecule has 2 fully saturated rings. The standard InChI is InChI=1S/C22H22N4O5S2/c1-12-9-14(31-8-2-3-18(27)28)6-7-16(12)24-22-26-20(30)17(33-22)10-15-11-23-21(32-15)25-19(29)13-4-5-13/h6-7,9-11,13H,2-5,8H2,1H3,(H,27,28)(H,23,25,29)(H,24,26,30). The number of hydrogen-bond acceptors (Lipinski definition) is 8. The average molecular weight is 487 g/mol. The van der Waals surface area contributed by atoms with Gasteiger partial charge in [-0.25, -0.2) is 9.98 Å². The highest BCUT2D eigenvalue weighted by Crippen LogP contribution is 2.33. The zero-order chi connectivity index (χ0) is 23.4. The number of aromatic nitrogens is 1. The quantitative estimate of drug-likeness (QED) is 0.362. The third-order valence-electron chi connectivity index (χ3n) is 4.82. The predicted octanol–water partition coefficient (Wildman–Crippen LogP) is 3.94. The van der Waals surface area contributed by atoms with E-state index in [0.717, 1.165) is 23.3 Å². The Morgan fingerprint density at radius 2 is 2.21 bits per heavy atom. The number of anilines is 1. The molecule has 33 heavy (non-hydrogen) atoms. The number of thioether (sulfide) groups is 1. The lowest BCUT2D eigenvalue weighted by molar-refractivity contribution is -0.137. The fraction of sp³-hybridized carbons (Fsp3) is 0.318. The molecule has 2 amide bonds. The first-order valence-corrected chi connectivity index (χ1v) is 12.0. The van der Waals surface area contributed by atoms with Crippen LogP contribution < -0.4 is 15.4 Å². The van der Waals surface area contributed by atoms with E-state index in [1.165, 1.54) is 23.1 Å². The lowest BCUT2D eigenvalue weighted by Gasteiger charge is -2.08. The van der Waals surface area contributed by atoms with E-state index in [0.29, 0.717) is 39.7 Å². The lowest BCUT2D eigenvalue weighted by atomic mass is 10.2. The fourth-order valence-electron chi connectivity index (χ4n) is 2.94. The number of aryl methyl sites for hydroxylation is 1. The first-order chi connectivity index (χ1) is 15.9. The van der Waals surface area contributed by atoms with Crippen molar-refractivity contribution in [2.45, 2.75) is 32.6 Å². The molecule has 3 N–H and O–H groups in total. The first kappa shape index (κ1) is 23.0. The van der Waals surface area contributed by atoms with Gasteiger partial charge in [-0.3, -0.25) is 14.4 Å². The zero-order valence-electron chi connectivity index (χ0n) is 17.8. The summed E-state index contributed by atoms with van der Waals surface area (Å²) in [6.07, 6.45) is 5.71. The monoisotopic (exact) mass is 486 g/mol. The minimum Gasteiger partial charge on any atom is -0.494 e. The van der Waals surface area contributed by atoms with Gasteiger partial charge in [-0.1, -0.05) is 11.3 Å². The van der Waals surface area contributed by atoms with Gasteiger partial charge in [-0.15, -0.1) is 0 Å². The largest absolute Gasteiger partial charge is 0.494 e. The number of carboxylic acid groups (broad SMARTS) is 1. The van der Waals surface area contributed by atoms with Crippen molar-refractivity contribution in [3.05, 3.63) is 39.7 Å². The number of rotatable bonds is 9. The van der Waals surface area contributed by atoms with Crippen LogP contribution in [0.5, 0.6) is 5.75 Å². The molecule has 1 saturated heterocycles. The fourth-order valence-corrected chi connectivity index (χ4v) is 4.60. The number of carboxylic acids is 1. The van der Waals surface area contributed by atoms with Crippen molar-refractivity contribution >= 4 is 62.9 Å². The summed E-state index contributed by atoms with van der Waals surface area (Å²) in [7, 11) is 0. The van der Waals surface area contributed by atoms with E-state index in [4.69, 9.17) is 9.84 Å². The summed E-state index contributed by atoms with van der Waals surface area (Å²) in [5.74, 6) is -0.349. The van der Waals surface area contributed by atoms with Crippen molar-refractivity contribution in [2.75, 3.05) is 11.9 Å². The molecule has 0 radical (unpaired) electrons. The van der Waals surface area contributed by atoms with Crippen molar-refractivity contribution in [1.82, 2.24) is 10.3 Å². The number of nitrogens with one attached hydrogen (secondary N) is 2. The molecule has 0 spiro atoms. The Bertz CT molecular complexity index is 1150. The van der Waals surface area contributed by atoms with Gasteiger partial charge in [0.1, 0.15) is 5.75 Å². The van der Waals surface area contributed by atoms with Gasteiger partial charge in [0, 0.05) is 18.5 Å². The van der Waals surface area contributed by atoms with Crippen LogP contribution in [-0.2, 0) is 14.4 Å². The molecule has 9 nitrogen and oxygen atoms in total. The Morgan fingerprint density at radius 3 is 2.94 bits per heavy atom. The number of thiazole rings is 1. The maximum atomic E-state index is 12.4. The molecule has 4 rings (SSSR count). The van der Waals surface area contributed by atoms with Gasteiger partial charge in [0.25, 0.3) is 5.91 Å². The first-order valence-electron chi connectivity index (χ1n) is 10.4. The molecule has 0 bridgehead atoms. The van der Waals surface area contributed by atoms with Gasteiger partial charge in [0.15, 0.2) is 10.3 Å². The molecule has 2 aromatic rings. The van der Waals surface area contributed by atoms with Crippen molar-refractivity contribution in [2.24, 2.45) is 10.9 Å². The highest BCUT2D eigenvalue weighted by atomic mass is 32.2. The molecule has 1 aliphatic heterocycles. The van der Waals surface area contributed by atoms with Crippen LogP contribution in [-0.4, -0.2) is 39.6 Å². The van der Waals surface area contributed by atoms with E-state index < -0.39 is 5.97 Å². The summed E-state index contributed by atoms with van der Waals surface area (Å²) in [6.45, 7) is 2.21. The SMILES string of the molecule is Cc1cc(OCCCC(=O)O)ccc1N=C1NC(=O)C(=Cc2cnc(NC(=O)C3CC3)s2)S1. The molecule has 1 aromatic heterocycles. The van der Waals surface area contributed by atoms with Gasteiger partial charge in [-0.05, 0) is 67.8 Å². The van der Waals surface area contributed by atoms with Gasteiger partial charge in [0.2, 0.25) is 5.91 Å². The van der Waals surface area contributed by atoms with Gasteiger partial charge >= 0.3 is 5.97 Å². The molecule has 172 valence electrons. The third kappa shape index (κ3) is 6.42. The van der Waals surface area contributed by atoms with Crippen LogP contribution in [0.1, 0.15) is 36.1 Å². The van der Waals surface area contributed by atoms with E-state index in [9.17, 15) is 14.4 Å². The topological polar surface area (TPSA) is 130 Å². The maximum absolute atomic E-state index is 12.4. The number of nitrogens with zero attached hydrogens (tertiary/aromatic N) is 2. The number of aliphatic imine (C=N–C) groups is 1. The Hall–Kier alpha value is -3.18. The lowest BCUT2D eigenvalue weighted by Crippen LogP contribution is -2.19. The molecule has 11 heteroatoms. The predicted molar refractivity (Wildman–Crippen MR) is 128 cm³/mol. The summed E-state index contributed by atoms with van der Waals surface area (Å²) in [4.78, 5) is 44.8. The van der Waals surface area contributed by atoms with Crippen molar-refractivity contribution in [3.63, 3.8) is 0 Å². The van der Waals surface area contributed by atoms with E-state index in [1.807, 2.05) is 13.0 Å². The highest BCUT2D eigenvalue weighted by molar-refractivity contribution is 8.18. The summed E-state index contributed by atoms with van der Waals surface area (Å²) in [5, 5.41) is 15.2. The van der Waals surface area contributed by atoms with Crippen LogP contribution in [0.25, 0.3) is 6.08 Å². The molecule has 2 heterocycles. The maximum Gasteiger partial charge on any atom is 0.303 e. The summed E-state index contributed by atoms with van der Waals surface area (Å²) >= 11 is 2.55. The Kier molecular flexibility index (Phi) is 7.09. The van der Waals surface area contributed by atoms with E-state index in [-0.39, 0.29) is 24.2 Å². The molecular formula is C22H22N4O5S2. The van der Waals surface area contributed by atoms with Gasteiger partial charge < -0.3 is 20.5 Å². The van der Waals surface area contributed by atoms with Crippen LogP contribution in [0.15, 0.2) is 34.3 Å². The van der Waals surface area contributed by atoms with Crippen molar-refractivity contribution in [1.29, 1.82) is 0 Å². The normalized spacial score (nSPS) is 17.9. The number of carbonyl (C=O) groups excluding carboxylic acids is 2. The van der Waals surface area contributed by atoms with Gasteiger partial charge in [0.05, 0.1) is 22.1 Å². The molecular weight excluding hydrogens is 464 g/mol. The van der Waals surface area contributed by atoms with Crippen molar-refractivity contribution < 1.29 is 24.2 Å². The minimum atomic E-state index is -0.846. The zero-order valence-corrected chi connectivity index (χ0v) is 19.4. The van der Waals surface area contributed by atoms with Crippen molar-refractivity contribution in [3.8, 4) is 5.75 Å². The van der Waals surface area contributed by atoms with E-state index >= 15 is 0 Å². The average Bonchev–Trinajstić information content (AvgIpc) is 3.45. The number of amides is 2. The number of aliphatic carboxylic acids is 1. The number of hydrogen-bond donors (Lipinski definition) is 3. The highest BCUT2D eigenvalue weighted by Gasteiger charge is 2.30. The molecule has 0 unspecified atom stereocenters. The van der Waals surface area contributed by atoms with E-state index in [1.54, 1.807) is 24.4 Å². The molecule has 1 saturated carbocycles. The van der Waals surface area contributed by atoms with Crippen LogP contribution in [0.4, 0.5) is 10.8 Å². The van der Waals surface area contributed by atoms with Crippen LogP contribution in [0.3, 0.4) is 0 Å². The number of benzene rings is 1. The molecule has 1 aliphatic carbocycles. The van der Waals surface area contributed by atoms with Crippen LogP contribution in [0, 0.1) is 12.8 Å². The second kappa shape index (κ2) is 10.2. The molecule has 2 aliphatic rings. The molecule has 1 aromatic carbocycles. The van der Waals surface area contributed by atoms with E-state index in [2.05, 4.69) is 20.6 Å². The molecule has 0 atom stereocenters. The number of amidine groups is 1. The van der Waals surface area contributed by atoms with Crippen LogP contribution >= 0.6 is 23.1 Å². The van der Waals surface area contributed by atoms with Crippen LogP contribution in [0.2, 0.25) is 0 Å². The third-order valence-corrected chi connectivity index (χ3v) is 6.59. The summed E-state index contributed by atoms with van der Waals surface area (Å²) in [6, 6.07) is 5.38.